The first-order valence-electron chi connectivity index (χ1n) is 7.13. The first kappa shape index (κ1) is 14.4. The highest BCUT2D eigenvalue weighted by molar-refractivity contribution is 5.06. The summed E-state index contributed by atoms with van der Waals surface area (Å²) in [5.41, 5.74) is 6.97. The SMILES string of the molecule is CC(C)CN1CCN(C(CN)c2ccncn2)CC1. The van der Waals surface area contributed by atoms with E-state index in [2.05, 4.69) is 33.6 Å². The molecule has 0 aromatic carbocycles. The molecule has 5 heteroatoms. The Morgan fingerprint density at radius 1 is 1.26 bits per heavy atom. The van der Waals surface area contributed by atoms with E-state index >= 15 is 0 Å². The number of piperazine rings is 1. The second kappa shape index (κ2) is 6.93. The topological polar surface area (TPSA) is 58.3 Å². The Morgan fingerprint density at radius 3 is 2.53 bits per heavy atom. The molecule has 2 rings (SSSR count). The average Bonchev–Trinajstić information content (AvgIpc) is 2.42. The molecule has 1 aliphatic heterocycles. The second-order valence-corrected chi connectivity index (χ2v) is 5.62. The van der Waals surface area contributed by atoms with Gasteiger partial charge in [0.2, 0.25) is 0 Å². The van der Waals surface area contributed by atoms with E-state index in [1.54, 1.807) is 12.5 Å². The number of nitrogens with zero attached hydrogens (tertiary/aromatic N) is 4. The minimum Gasteiger partial charge on any atom is -0.329 e. The number of nitrogens with two attached hydrogens (primary N) is 1. The molecule has 1 atom stereocenters. The molecule has 0 bridgehead atoms. The highest BCUT2D eigenvalue weighted by Gasteiger charge is 2.24. The maximum Gasteiger partial charge on any atom is 0.115 e. The van der Waals surface area contributed by atoms with Crippen LogP contribution in [0.5, 0.6) is 0 Å². The fourth-order valence-electron chi connectivity index (χ4n) is 2.73. The minimum absolute atomic E-state index is 0.226. The molecular weight excluding hydrogens is 238 g/mol. The van der Waals surface area contributed by atoms with Crippen LogP contribution in [-0.2, 0) is 0 Å². The van der Waals surface area contributed by atoms with Crippen molar-refractivity contribution in [2.45, 2.75) is 19.9 Å². The molecule has 0 amide bonds. The summed E-state index contributed by atoms with van der Waals surface area (Å²) in [6.07, 6.45) is 3.40. The summed E-state index contributed by atoms with van der Waals surface area (Å²) in [5.74, 6) is 0.735. The monoisotopic (exact) mass is 263 g/mol. The molecular formula is C14H25N5. The van der Waals surface area contributed by atoms with Crippen LogP contribution in [-0.4, -0.2) is 59.0 Å². The van der Waals surface area contributed by atoms with E-state index in [0.717, 1.165) is 37.8 Å². The van der Waals surface area contributed by atoms with Crippen molar-refractivity contribution in [3.05, 3.63) is 24.3 Å². The van der Waals surface area contributed by atoms with E-state index in [-0.39, 0.29) is 6.04 Å². The van der Waals surface area contributed by atoms with E-state index in [1.165, 1.54) is 6.54 Å². The van der Waals surface area contributed by atoms with Gasteiger partial charge in [0.25, 0.3) is 0 Å². The van der Waals surface area contributed by atoms with Crippen molar-refractivity contribution < 1.29 is 0 Å². The molecule has 106 valence electrons. The second-order valence-electron chi connectivity index (χ2n) is 5.62. The molecule has 0 aliphatic carbocycles. The van der Waals surface area contributed by atoms with Crippen LogP contribution in [0.15, 0.2) is 18.6 Å². The lowest BCUT2D eigenvalue weighted by molar-refractivity contribution is 0.0897. The zero-order valence-corrected chi connectivity index (χ0v) is 12.0. The van der Waals surface area contributed by atoms with Crippen molar-refractivity contribution in [3.8, 4) is 0 Å². The molecule has 1 unspecified atom stereocenters. The van der Waals surface area contributed by atoms with Crippen molar-refractivity contribution in [3.63, 3.8) is 0 Å². The van der Waals surface area contributed by atoms with Crippen molar-refractivity contribution in [1.29, 1.82) is 0 Å². The molecule has 2 N–H and O–H groups in total. The molecule has 2 heterocycles. The standard InChI is InChI=1S/C14H25N5/c1-12(2)10-18-5-7-19(8-6-18)14(9-15)13-3-4-16-11-17-13/h3-4,11-12,14H,5-10,15H2,1-2H3. The predicted octanol–water partition coefficient (Wildman–Crippen LogP) is 0.750. The smallest absolute Gasteiger partial charge is 0.115 e. The molecule has 1 fully saturated rings. The first-order chi connectivity index (χ1) is 9.20. The number of hydrogen-bond donors (Lipinski definition) is 1. The van der Waals surface area contributed by atoms with Crippen molar-refractivity contribution in [2.24, 2.45) is 11.7 Å². The molecule has 1 aromatic heterocycles. The summed E-state index contributed by atoms with van der Waals surface area (Å²) in [5, 5.41) is 0. The van der Waals surface area contributed by atoms with Gasteiger partial charge in [-0.1, -0.05) is 13.8 Å². The lowest BCUT2D eigenvalue weighted by atomic mass is 10.1. The van der Waals surface area contributed by atoms with Gasteiger partial charge in [-0.25, -0.2) is 9.97 Å². The van der Waals surface area contributed by atoms with Crippen molar-refractivity contribution in [2.75, 3.05) is 39.3 Å². The van der Waals surface area contributed by atoms with E-state index in [1.807, 2.05) is 6.07 Å². The Bertz CT molecular complexity index is 359. The van der Waals surface area contributed by atoms with Gasteiger partial charge in [-0.2, -0.15) is 0 Å². The van der Waals surface area contributed by atoms with Crippen LogP contribution in [0.1, 0.15) is 25.6 Å². The molecule has 0 spiro atoms. The third kappa shape index (κ3) is 3.96. The Morgan fingerprint density at radius 2 is 2.00 bits per heavy atom. The van der Waals surface area contributed by atoms with E-state index in [0.29, 0.717) is 6.54 Å². The number of aromatic nitrogens is 2. The van der Waals surface area contributed by atoms with Gasteiger partial charge in [-0.15, -0.1) is 0 Å². The van der Waals surface area contributed by atoms with Crippen LogP contribution in [0.3, 0.4) is 0 Å². The Kier molecular flexibility index (Phi) is 5.24. The van der Waals surface area contributed by atoms with Gasteiger partial charge >= 0.3 is 0 Å². The fourth-order valence-corrected chi connectivity index (χ4v) is 2.73. The van der Waals surface area contributed by atoms with Crippen LogP contribution in [0.25, 0.3) is 0 Å². The maximum atomic E-state index is 5.94. The highest BCUT2D eigenvalue weighted by Crippen LogP contribution is 2.19. The lowest BCUT2D eigenvalue weighted by Crippen LogP contribution is -2.49. The third-order valence-corrected chi connectivity index (χ3v) is 3.64. The summed E-state index contributed by atoms with van der Waals surface area (Å²) in [6, 6.07) is 2.20. The number of rotatable bonds is 5. The fraction of sp³-hybridized carbons (Fsp3) is 0.714. The van der Waals surface area contributed by atoms with Crippen LogP contribution >= 0.6 is 0 Å². The van der Waals surface area contributed by atoms with Crippen LogP contribution in [0.4, 0.5) is 0 Å². The quantitative estimate of drug-likeness (QED) is 0.849. The Balaban J connectivity index is 1.92. The van der Waals surface area contributed by atoms with Gasteiger partial charge in [-0.05, 0) is 12.0 Å². The summed E-state index contributed by atoms with van der Waals surface area (Å²) in [7, 11) is 0. The third-order valence-electron chi connectivity index (χ3n) is 3.64. The van der Waals surface area contributed by atoms with Crippen LogP contribution < -0.4 is 5.73 Å². The van der Waals surface area contributed by atoms with Gasteiger partial charge in [0.05, 0.1) is 11.7 Å². The zero-order chi connectivity index (χ0) is 13.7. The maximum absolute atomic E-state index is 5.94. The molecule has 1 aromatic rings. The Labute approximate surface area is 115 Å². The van der Waals surface area contributed by atoms with E-state index in [9.17, 15) is 0 Å². The van der Waals surface area contributed by atoms with Crippen molar-refractivity contribution in [1.82, 2.24) is 19.8 Å². The number of hydrogen-bond acceptors (Lipinski definition) is 5. The lowest BCUT2D eigenvalue weighted by Gasteiger charge is -2.39. The van der Waals surface area contributed by atoms with Crippen LogP contribution in [0, 0.1) is 5.92 Å². The molecule has 0 radical (unpaired) electrons. The summed E-state index contributed by atoms with van der Waals surface area (Å²) in [4.78, 5) is 13.3. The Hall–Kier alpha value is -1.04. The van der Waals surface area contributed by atoms with Gasteiger partial charge in [0, 0.05) is 45.5 Å². The molecule has 5 nitrogen and oxygen atoms in total. The van der Waals surface area contributed by atoms with Gasteiger partial charge in [0.1, 0.15) is 6.33 Å². The van der Waals surface area contributed by atoms with Crippen LogP contribution in [0.2, 0.25) is 0 Å². The molecule has 0 saturated carbocycles. The first-order valence-corrected chi connectivity index (χ1v) is 7.13. The molecule has 1 saturated heterocycles. The van der Waals surface area contributed by atoms with E-state index in [4.69, 9.17) is 5.73 Å². The largest absolute Gasteiger partial charge is 0.329 e. The highest BCUT2D eigenvalue weighted by atomic mass is 15.3. The average molecular weight is 263 g/mol. The van der Waals surface area contributed by atoms with Crippen molar-refractivity contribution >= 4 is 0 Å². The molecule has 19 heavy (non-hydrogen) atoms. The van der Waals surface area contributed by atoms with Gasteiger partial charge < -0.3 is 10.6 Å². The van der Waals surface area contributed by atoms with Gasteiger partial charge in [0.15, 0.2) is 0 Å². The summed E-state index contributed by atoms with van der Waals surface area (Å²) < 4.78 is 0. The normalized spacial score (nSPS) is 19.8. The molecule has 1 aliphatic rings. The minimum atomic E-state index is 0.226. The van der Waals surface area contributed by atoms with E-state index < -0.39 is 0 Å². The summed E-state index contributed by atoms with van der Waals surface area (Å²) in [6.45, 7) is 10.7. The van der Waals surface area contributed by atoms with Gasteiger partial charge in [-0.3, -0.25) is 4.90 Å². The summed E-state index contributed by atoms with van der Waals surface area (Å²) >= 11 is 0. The predicted molar refractivity (Wildman–Crippen MR) is 76.7 cm³/mol. The zero-order valence-electron chi connectivity index (χ0n) is 12.0.